The molecule has 2 aliphatic heterocycles. The molecule has 136 valence electrons. The highest BCUT2D eigenvalue weighted by molar-refractivity contribution is 6.33. The number of rotatable bonds is 2. The Labute approximate surface area is 155 Å². The van der Waals surface area contributed by atoms with Gasteiger partial charge in [0.15, 0.2) is 0 Å². The molecular formula is C18H19ClN4O3. The van der Waals surface area contributed by atoms with Gasteiger partial charge in [0.2, 0.25) is 5.91 Å². The third-order valence-electron chi connectivity index (χ3n) is 4.98. The highest BCUT2D eigenvalue weighted by Crippen LogP contribution is 2.32. The first-order valence-electron chi connectivity index (χ1n) is 8.58. The van der Waals surface area contributed by atoms with E-state index in [-0.39, 0.29) is 17.9 Å². The van der Waals surface area contributed by atoms with Crippen LogP contribution in [0.5, 0.6) is 0 Å². The first-order chi connectivity index (χ1) is 12.6. The van der Waals surface area contributed by atoms with Gasteiger partial charge >= 0.3 is 0 Å². The lowest BCUT2D eigenvalue weighted by molar-refractivity contribution is -0.131. The van der Waals surface area contributed by atoms with Crippen molar-refractivity contribution in [1.82, 2.24) is 20.3 Å². The molecule has 2 aliphatic rings. The molecule has 1 atom stereocenters. The minimum atomic E-state index is -0.301. The van der Waals surface area contributed by atoms with E-state index >= 15 is 0 Å². The number of hydrogen-bond donors (Lipinski definition) is 1. The van der Waals surface area contributed by atoms with E-state index in [1.807, 2.05) is 18.2 Å². The summed E-state index contributed by atoms with van der Waals surface area (Å²) in [6.45, 7) is 4.78. The molecule has 0 bridgehead atoms. The average Bonchev–Trinajstić information content (AvgIpc) is 3.03. The van der Waals surface area contributed by atoms with E-state index in [4.69, 9.17) is 16.1 Å². The first-order valence-corrected chi connectivity index (χ1v) is 8.96. The van der Waals surface area contributed by atoms with Gasteiger partial charge in [-0.1, -0.05) is 35.0 Å². The number of fused-ring (bicyclic) bond motifs is 1. The fourth-order valence-electron chi connectivity index (χ4n) is 3.58. The maximum Gasteiger partial charge on any atom is 0.259 e. The van der Waals surface area contributed by atoms with E-state index in [2.05, 4.69) is 15.4 Å². The van der Waals surface area contributed by atoms with Crippen molar-refractivity contribution in [3.05, 3.63) is 40.6 Å². The van der Waals surface area contributed by atoms with Gasteiger partial charge in [-0.3, -0.25) is 14.5 Å². The van der Waals surface area contributed by atoms with Crippen LogP contribution in [-0.2, 0) is 4.79 Å². The van der Waals surface area contributed by atoms with Gasteiger partial charge in [0.1, 0.15) is 23.1 Å². The van der Waals surface area contributed by atoms with Crippen LogP contribution in [0.15, 0.2) is 28.8 Å². The van der Waals surface area contributed by atoms with Gasteiger partial charge in [0.05, 0.1) is 5.02 Å². The van der Waals surface area contributed by atoms with E-state index in [1.54, 1.807) is 17.9 Å². The van der Waals surface area contributed by atoms with Crippen LogP contribution in [0.25, 0.3) is 11.3 Å². The maximum absolute atomic E-state index is 13.2. The normalized spacial score (nSPS) is 20.6. The van der Waals surface area contributed by atoms with E-state index in [9.17, 15) is 9.59 Å². The van der Waals surface area contributed by atoms with Gasteiger partial charge in [-0.25, -0.2) is 0 Å². The number of carbonyl (C=O) groups excluding carboxylic acids is 2. The van der Waals surface area contributed by atoms with Crippen LogP contribution in [0.4, 0.5) is 0 Å². The molecule has 0 spiro atoms. The summed E-state index contributed by atoms with van der Waals surface area (Å²) in [5, 5.41) is 7.43. The number of aryl methyl sites for hydroxylation is 1. The second-order valence-electron chi connectivity index (χ2n) is 6.54. The predicted octanol–water partition coefficient (Wildman–Crippen LogP) is 1.56. The monoisotopic (exact) mass is 374 g/mol. The average molecular weight is 375 g/mol. The van der Waals surface area contributed by atoms with Crippen LogP contribution < -0.4 is 5.32 Å². The third-order valence-corrected chi connectivity index (χ3v) is 5.31. The zero-order valence-electron chi connectivity index (χ0n) is 14.4. The quantitative estimate of drug-likeness (QED) is 0.863. The Morgan fingerprint density at radius 1 is 1.31 bits per heavy atom. The van der Waals surface area contributed by atoms with Crippen molar-refractivity contribution >= 4 is 23.4 Å². The molecule has 1 unspecified atom stereocenters. The Balaban J connectivity index is 1.64. The number of aromatic nitrogens is 1. The van der Waals surface area contributed by atoms with E-state index in [0.29, 0.717) is 53.8 Å². The molecular weight excluding hydrogens is 356 g/mol. The molecule has 2 fully saturated rings. The molecule has 2 aromatic rings. The Morgan fingerprint density at radius 3 is 2.92 bits per heavy atom. The fraction of sp³-hybridized carbons (Fsp3) is 0.389. The number of halogens is 1. The summed E-state index contributed by atoms with van der Waals surface area (Å²) in [5.41, 5.74) is 1.50. The number of carbonyl (C=O) groups is 2. The lowest BCUT2D eigenvalue weighted by Crippen LogP contribution is -2.64. The van der Waals surface area contributed by atoms with Crippen LogP contribution in [0.2, 0.25) is 5.02 Å². The summed E-state index contributed by atoms with van der Waals surface area (Å²) in [7, 11) is 0. The Hall–Kier alpha value is -2.38. The van der Waals surface area contributed by atoms with Crippen LogP contribution >= 0.6 is 11.6 Å². The summed E-state index contributed by atoms with van der Waals surface area (Å²) in [6.07, 6.45) is 0. The van der Waals surface area contributed by atoms with Gasteiger partial charge in [-0.2, -0.15) is 0 Å². The molecule has 2 amide bonds. The summed E-state index contributed by atoms with van der Waals surface area (Å²) >= 11 is 6.27. The summed E-state index contributed by atoms with van der Waals surface area (Å²) in [4.78, 5) is 29.2. The minimum absolute atomic E-state index is 0.0258. The number of hydrogen-bond acceptors (Lipinski definition) is 5. The molecule has 0 saturated carbocycles. The second-order valence-corrected chi connectivity index (χ2v) is 6.94. The van der Waals surface area contributed by atoms with Crippen molar-refractivity contribution < 1.29 is 14.1 Å². The largest absolute Gasteiger partial charge is 0.360 e. The van der Waals surface area contributed by atoms with Crippen molar-refractivity contribution in [1.29, 1.82) is 0 Å². The molecule has 3 heterocycles. The van der Waals surface area contributed by atoms with Crippen LogP contribution in [0.1, 0.15) is 16.1 Å². The minimum Gasteiger partial charge on any atom is -0.360 e. The molecule has 7 nitrogen and oxygen atoms in total. The molecule has 0 radical (unpaired) electrons. The van der Waals surface area contributed by atoms with E-state index in [1.165, 1.54) is 0 Å². The van der Waals surface area contributed by atoms with Crippen molar-refractivity contribution in [3.8, 4) is 11.3 Å². The van der Waals surface area contributed by atoms with Gasteiger partial charge in [-0.05, 0) is 13.0 Å². The van der Waals surface area contributed by atoms with Crippen molar-refractivity contribution in [2.45, 2.75) is 13.0 Å². The SMILES string of the molecule is Cc1onc(-c2ccccc2Cl)c1C(=O)N1CCN2CCNC(=O)C2C1. The van der Waals surface area contributed by atoms with Crippen LogP contribution in [0, 0.1) is 6.92 Å². The molecule has 2 saturated heterocycles. The maximum atomic E-state index is 13.2. The smallest absolute Gasteiger partial charge is 0.259 e. The van der Waals surface area contributed by atoms with Crippen LogP contribution in [0.3, 0.4) is 0 Å². The molecule has 1 N–H and O–H groups in total. The molecule has 8 heteroatoms. The fourth-order valence-corrected chi connectivity index (χ4v) is 3.81. The van der Waals surface area contributed by atoms with Crippen molar-refractivity contribution in [3.63, 3.8) is 0 Å². The lowest BCUT2D eigenvalue weighted by atomic mass is 10.0. The summed E-state index contributed by atoms with van der Waals surface area (Å²) in [5.74, 6) is 0.235. The van der Waals surface area contributed by atoms with Gasteiger partial charge in [0, 0.05) is 38.3 Å². The third kappa shape index (κ3) is 2.87. The second kappa shape index (κ2) is 6.74. The number of nitrogens with one attached hydrogen (secondary N) is 1. The molecule has 26 heavy (non-hydrogen) atoms. The van der Waals surface area contributed by atoms with Gasteiger partial charge < -0.3 is 14.7 Å². The van der Waals surface area contributed by atoms with Gasteiger partial charge in [0.25, 0.3) is 5.91 Å². The molecule has 4 rings (SSSR count). The lowest BCUT2D eigenvalue weighted by Gasteiger charge is -2.42. The van der Waals surface area contributed by atoms with E-state index in [0.717, 1.165) is 6.54 Å². The highest BCUT2D eigenvalue weighted by Gasteiger charge is 2.38. The van der Waals surface area contributed by atoms with Crippen molar-refractivity contribution in [2.75, 3.05) is 32.7 Å². The highest BCUT2D eigenvalue weighted by atomic mass is 35.5. The van der Waals surface area contributed by atoms with E-state index < -0.39 is 0 Å². The number of benzene rings is 1. The number of piperazine rings is 2. The molecule has 1 aromatic heterocycles. The number of amides is 2. The topological polar surface area (TPSA) is 78.7 Å². The van der Waals surface area contributed by atoms with Crippen molar-refractivity contribution in [2.24, 2.45) is 0 Å². The summed E-state index contributed by atoms with van der Waals surface area (Å²) in [6, 6.07) is 6.92. The summed E-state index contributed by atoms with van der Waals surface area (Å²) < 4.78 is 5.30. The zero-order chi connectivity index (χ0) is 18.3. The van der Waals surface area contributed by atoms with Crippen LogP contribution in [-0.4, -0.2) is 65.5 Å². The Morgan fingerprint density at radius 2 is 2.12 bits per heavy atom. The molecule has 1 aromatic carbocycles. The predicted molar refractivity (Wildman–Crippen MR) is 96.0 cm³/mol. The van der Waals surface area contributed by atoms with Gasteiger partial charge in [-0.15, -0.1) is 0 Å². The first kappa shape index (κ1) is 17.1. The standard InChI is InChI=1S/C18H19ClN4O3/c1-11-15(16(21-26-11)12-4-2-3-5-13(12)19)18(25)23-9-8-22-7-6-20-17(24)14(22)10-23/h2-5,14H,6-10H2,1H3,(H,20,24). The molecule has 0 aliphatic carbocycles. The zero-order valence-corrected chi connectivity index (χ0v) is 15.1. The Bertz CT molecular complexity index is 866. The number of nitrogens with zero attached hydrogens (tertiary/aromatic N) is 3. The Kier molecular flexibility index (Phi) is 4.42.